The smallest absolute Gasteiger partial charge is 0.220 e. The number of carbonyl (C=O) groups is 1. The Morgan fingerprint density at radius 1 is 1.52 bits per heavy atom. The van der Waals surface area contributed by atoms with Gasteiger partial charge in [0.05, 0.1) is 0 Å². The van der Waals surface area contributed by atoms with Gasteiger partial charge in [0.15, 0.2) is 17.5 Å². The first-order valence-corrected chi connectivity index (χ1v) is 8.21. The van der Waals surface area contributed by atoms with Crippen LogP contribution in [0.2, 0.25) is 0 Å². The topological polar surface area (TPSA) is 77.0 Å². The van der Waals surface area contributed by atoms with Crippen LogP contribution in [0.1, 0.15) is 24.8 Å². The van der Waals surface area contributed by atoms with E-state index in [2.05, 4.69) is 20.5 Å². The van der Waals surface area contributed by atoms with E-state index in [1.54, 1.807) is 13.1 Å². The fourth-order valence-electron chi connectivity index (χ4n) is 3.60. The first-order chi connectivity index (χ1) is 11.5. The molecule has 0 aromatic heterocycles. The van der Waals surface area contributed by atoms with Crippen LogP contribution >= 0.6 is 24.0 Å². The number of phenolic OH excluding ortho intramolecular Hbond substituents is 1. The molecule has 2 saturated heterocycles. The normalized spacial score (nSPS) is 23.4. The van der Waals surface area contributed by atoms with Gasteiger partial charge in [-0.05, 0) is 30.5 Å². The standard InChI is InChI=1S/C17H23FN4O2.HI/c1-19-16(20-9-12-3-4-14(23)13(18)7-12)22-6-2-5-17(11-22)8-15(24)21-10-17;/h3-4,7,23H,2,5-6,8-11H2,1H3,(H,19,20)(H,21,24);1H. The maximum atomic E-state index is 13.4. The summed E-state index contributed by atoms with van der Waals surface area (Å²) in [5.41, 5.74) is 0.730. The number of hydrogen-bond acceptors (Lipinski definition) is 3. The minimum atomic E-state index is -0.628. The van der Waals surface area contributed by atoms with Gasteiger partial charge in [0.1, 0.15) is 0 Å². The Labute approximate surface area is 163 Å². The van der Waals surface area contributed by atoms with E-state index in [1.165, 1.54) is 12.1 Å². The summed E-state index contributed by atoms with van der Waals surface area (Å²) in [4.78, 5) is 18.1. The third-order valence-corrected chi connectivity index (χ3v) is 4.83. The van der Waals surface area contributed by atoms with Gasteiger partial charge in [0.2, 0.25) is 5.91 Å². The molecule has 0 bridgehead atoms. The summed E-state index contributed by atoms with van der Waals surface area (Å²) in [7, 11) is 1.72. The molecule has 6 nitrogen and oxygen atoms in total. The Morgan fingerprint density at radius 3 is 2.96 bits per heavy atom. The maximum Gasteiger partial charge on any atom is 0.220 e. The molecule has 8 heteroatoms. The third kappa shape index (κ3) is 4.53. The molecule has 2 aliphatic heterocycles. The van der Waals surface area contributed by atoms with Crippen LogP contribution < -0.4 is 10.6 Å². The summed E-state index contributed by atoms with van der Waals surface area (Å²) >= 11 is 0. The average molecular weight is 462 g/mol. The van der Waals surface area contributed by atoms with E-state index >= 15 is 0 Å². The number of amides is 1. The fourth-order valence-corrected chi connectivity index (χ4v) is 3.60. The van der Waals surface area contributed by atoms with E-state index in [0.29, 0.717) is 13.0 Å². The summed E-state index contributed by atoms with van der Waals surface area (Å²) in [6, 6.07) is 4.34. The molecule has 3 rings (SSSR count). The summed E-state index contributed by atoms with van der Waals surface area (Å²) in [6.45, 7) is 2.82. The van der Waals surface area contributed by atoms with Crippen molar-refractivity contribution in [2.45, 2.75) is 25.8 Å². The van der Waals surface area contributed by atoms with Gasteiger partial charge in [-0.3, -0.25) is 9.79 Å². The Bertz CT molecular complexity index is 670. The SMILES string of the molecule is CN=C(NCc1ccc(O)c(F)c1)N1CCCC2(CNC(=O)C2)C1.I. The Hall–Kier alpha value is -1.58. The Kier molecular flexibility index (Phi) is 6.47. The number of nitrogens with one attached hydrogen (secondary N) is 2. The number of benzene rings is 1. The molecule has 1 unspecified atom stereocenters. The molecule has 138 valence electrons. The molecule has 0 saturated carbocycles. The minimum Gasteiger partial charge on any atom is -0.505 e. The van der Waals surface area contributed by atoms with Crippen LogP contribution in [0.3, 0.4) is 0 Å². The van der Waals surface area contributed by atoms with Crippen LogP contribution in [-0.4, -0.2) is 48.6 Å². The van der Waals surface area contributed by atoms with Gasteiger partial charge in [-0.1, -0.05) is 6.07 Å². The highest BCUT2D eigenvalue weighted by atomic mass is 127. The second-order valence-corrected chi connectivity index (χ2v) is 6.67. The van der Waals surface area contributed by atoms with Crippen molar-refractivity contribution in [2.75, 3.05) is 26.7 Å². The number of carbonyl (C=O) groups excluding carboxylic acids is 1. The van der Waals surface area contributed by atoms with Gasteiger partial charge in [-0.25, -0.2) is 4.39 Å². The zero-order valence-electron chi connectivity index (χ0n) is 14.2. The van der Waals surface area contributed by atoms with Crippen molar-refractivity contribution in [3.8, 4) is 5.75 Å². The van der Waals surface area contributed by atoms with Crippen LogP contribution in [0, 0.1) is 11.2 Å². The molecule has 2 aliphatic rings. The number of aliphatic imine (C=N–C) groups is 1. The Morgan fingerprint density at radius 2 is 2.32 bits per heavy atom. The number of guanidine groups is 1. The molecule has 2 fully saturated rings. The largest absolute Gasteiger partial charge is 0.505 e. The van der Waals surface area contributed by atoms with E-state index in [4.69, 9.17) is 0 Å². The van der Waals surface area contributed by atoms with E-state index in [0.717, 1.165) is 44.0 Å². The van der Waals surface area contributed by atoms with Crippen LogP contribution in [-0.2, 0) is 11.3 Å². The summed E-state index contributed by atoms with van der Waals surface area (Å²) < 4.78 is 13.4. The first-order valence-electron chi connectivity index (χ1n) is 8.21. The van der Waals surface area contributed by atoms with Gasteiger partial charge >= 0.3 is 0 Å². The molecule has 1 spiro atoms. The van der Waals surface area contributed by atoms with Crippen molar-refractivity contribution in [1.29, 1.82) is 0 Å². The lowest BCUT2D eigenvalue weighted by Crippen LogP contribution is -2.51. The number of rotatable bonds is 2. The first kappa shape index (κ1) is 19.7. The molecule has 25 heavy (non-hydrogen) atoms. The van der Waals surface area contributed by atoms with Crippen molar-refractivity contribution >= 4 is 35.8 Å². The van der Waals surface area contributed by atoms with Crippen molar-refractivity contribution in [3.05, 3.63) is 29.6 Å². The van der Waals surface area contributed by atoms with Gasteiger partial charge < -0.3 is 20.6 Å². The van der Waals surface area contributed by atoms with Crippen molar-refractivity contribution in [3.63, 3.8) is 0 Å². The zero-order chi connectivity index (χ0) is 17.2. The molecular formula is C17H24FIN4O2. The molecule has 0 aliphatic carbocycles. The van der Waals surface area contributed by atoms with Crippen molar-refractivity contribution in [1.82, 2.24) is 15.5 Å². The molecule has 1 aromatic carbocycles. The fraction of sp³-hybridized carbons (Fsp3) is 0.529. The van der Waals surface area contributed by atoms with Crippen LogP contribution in [0.5, 0.6) is 5.75 Å². The lowest BCUT2D eigenvalue weighted by Gasteiger charge is -2.40. The second-order valence-electron chi connectivity index (χ2n) is 6.67. The number of likely N-dealkylation sites (tertiary alicyclic amines) is 1. The van der Waals surface area contributed by atoms with Gasteiger partial charge in [-0.15, -0.1) is 24.0 Å². The summed E-state index contributed by atoms with van der Waals surface area (Å²) in [6.07, 6.45) is 2.63. The minimum absolute atomic E-state index is 0. The maximum absolute atomic E-state index is 13.4. The molecule has 1 amide bonds. The van der Waals surface area contributed by atoms with Gasteiger partial charge in [0.25, 0.3) is 0 Å². The number of halogens is 2. The summed E-state index contributed by atoms with van der Waals surface area (Å²) in [5, 5.41) is 15.4. The highest BCUT2D eigenvalue weighted by Crippen LogP contribution is 2.36. The van der Waals surface area contributed by atoms with Gasteiger partial charge in [-0.2, -0.15) is 0 Å². The zero-order valence-corrected chi connectivity index (χ0v) is 16.5. The third-order valence-electron chi connectivity index (χ3n) is 4.83. The lowest BCUT2D eigenvalue weighted by molar-refractivity contribution is -0.119. The number of phenols is 1. The molecule has 2 heterocycles. The molecular weight excluding hydrogens is 438 g/mol. The molecule has 0 radical (unpaired) electrons. The van der Waals surface area contributed by atoms with Crippen LogP contribution in [0.4, 0.5) is 4.39 Å². The van der Waals surface area contributed by atoms with Crippen LogP contribution in [0.15, 0.2) is 23.2 Å². The quantitative estimate of drug-likeness (QED) is 0.356. The molecule has 1 atom stereocenters. The lowest BCUT2D eigenvalue weighted by atomic mass is 9.79. The van der Waals surface area contributed by atoms with E-state index in [1.807, 2.05) is 0 Å². The average Bonchev–Trinajstić information content (AvgIpc) is 2.91. The highest BCUT2D eigenvalue weighted by Gasteiger charge is 2.42. The predicted octanol–water partition coefficient (Wildman–Crippen LogP) is 1.83. The highest BCUT2D eigenvalue weighted by molar-refractivity contribution is 14.0. The van der Waals surface area contributed by atoms with Crippen LogP contribution in [0.25, 0.3) is 0 Å². The van der Waals surface area contributed by atoms with Gasteiger partial charge in [0, 0.05) is 45.1 Å². The second kappa shape index (κ2) is 8.20. The van der Waals surface area contributed by atoms with E-state index in [-0.39, 0.29) is 41.0 Å². The number of hydrogen-bond donors (Lipinski definition) is 3. The summed E-state index contributed by atoms with van der Waals surface area (Å²) in [5.74, 6) is -0.0995. The molecule has 3 N–H and O–H groups in total. The monoisotopic (exact) mass is 462 g/mol. The van der Waals surface area contributed by atoms with Crippen molar-refractivity contribution < 1.29 is 14.3 Å². The van der Waals surface area contributed by atoms with Crippen molar-refractivity contribution in [2.24, 2.45) is 10.4 Å². The number of piperidine rings is 1. The predicted molar refractivity (Wildman–Crippen MR) is 105 cm³/mol. The van der Waals surface area contributed by atoms with E-state index < -0.39 is 5.82 Å². The van der Waals surface area contributed by atoms with E-state index in [9.17, 15) is 14.3 Å². The Balaban J connectivity index is 0.00000225. The molecule has 1 aromatic rings. The number of nitrogens with zero attached hydrogens (tertiary/aromatic N) is 2. The number of aromatic hydroxyl groups is 1.